The summed E-state index contributed by atoms with van der Waals surface area (Å²) < 4.78 is 0. The van der Waals surface area contributed by atoms with Crippen molar-refractivity contribution in [3.8, 4) is 0 Å². The molecule has 0 aliphatic heterocycles. The van der Waals surface area contributed by atoms with Gasteiger partial charge in [0.25, 0.3) is 0 Å². The number of benzene rings is 2. The molecule has 2 rings (SSSR count). The van der Waals surface area contributed by atoms with E-state index < -0.39 is 0 Å². The Balaban J connectivity index is 2.34. The predicted molar refractivity (Wildman–Crippen MR) is 80.0 cm³/mol. The van der Waals surface area contributed by atoms with Gasteiger partial charge in [0.15, 0.2) is 0 Å². The maximum Gasteiger partial charge on any atom is 0.0440 e. The van der Waals surface area contributed by atoms with Gasteiger partial charge in [-0.15, -0.1) is 0 Å². The van der Waals surface area contributed by atoms with E-state index in [1.165, 1.54) is 22.5 Å². The molecule has 18 heavy (non-hydrogen) atoms. The van der Waals surface area contributed by atoms with Gasteiger partial charge in [-0.2, -0.15) is 0 Å². The second-order valence-corrected chi connectivity index (χ2v) is 4.65. The van der Waals surface area contributed by atoms with Crippen LogP contribution in [0.4, 0.5) is 17.1 Å². The van der Waals surface area contributed by atoms with Crippen LogP contribution in [0.3, 0.4) is 0 Å². The zero-order valence-corrected chi connectivity index (χ0v) is 11.5. The molecule has 0 unspecified atom stereocenters. The van der Waals surface area contributed by atoms with Crippen molar-refractivity contribution < 1.29 is 0 Å². The van der Waals surface area contributed by atoms with E-state index in [0.29, 0.717) is 0 Å². The molecule has 0 saturated heterocycles. The van der Waals surface area contributed by atoms with Gasteiger partial charge < -0.3 is 10.2 Å². The molecule has 0 saturated carbocycles. The molecule has 0 atom stereocenters. The van der Waals surface area contributed by atoms with Crippen molar-refractivity contribution in [1.82, 2.24) is 0 Å². The molecule has 0 heterocycles. The van der Waals surface area contributed by atoms with Crippen molar-refractivity contribution in [2.24, 2.45) is 0 Å². The Morgan fingerprint density at radius 3 is 2.22 bits per heavy atom. The van der Waals surface area contributed by atoms with Gasteiger partial charge in [-0.1, -0.05) is 12.1 Å². The molecule has 0 aliphatic rings. The molecule has 2 aromatic carbocycles. The van der Waals surface area contributed by atoms with Crippen LogP contribution in [0, 0.1) is 13.8 Å². The van der Waals surface area contributed by atoms with Crippen LogP contribution in [0.25, 0.3) is 0 Å². The number of anilines is 3. The average Bonchev–Trinajstić information content (AvgIpc) is 2.41. The molecule has 0 aromatic heterocycles. The van der Waals surface area contributed by atoms with Crippen molar-refractivity contribution in [2.75, 3.05) is 24.3 Å². The average molecular weight is 240 g/mol. The minimum atomic E-state index is 1.13. The van der Waals surface area contributed by atoms with Crippen LogP contribution >= 0.6 is 0 Å². The predicted octanol–water partition coefficient (Wildman–Crippen LogP) is 4.11. The van der Waals surface area contributed by atoms with Crippen molar-refractivity contribution in [2.45, 2.75) is 13.8 Å². The first-order valence-electron chi connectivity index (χ1n) is 6.20. The molecule has 2 heteroatoms. The Hall–Kier alpha value is -1.96. The summed E-state index contributed by atoms with van der Waals surface area (Å²) in [6, 6.07) is 15.0. The van der Waals surface area contributed by atoms with Gasteiger partial charge in [0.2, 0.25) is 0 Å². The van der Waals surface area contributed by atoms with E-state index in [9.17, 15) is 0 Å². The second-order valence-electron chi connectivity index (χ2n) is 4.65. The molecule has 0 bridgehead atoms. The Morgan fingerprint density at radius 1 is 0.944 bits per heavy atom. The van der Waals surface area contributed by atoms with Crippen LogP contribution in [0.5, 0.6) is 0 Å². The highest BCUT2D eigenvalue weighted by atomic mass is 15.1. The summed E-state index contributed by atoms with van der Waals surface area (Å²) in [6.45, 7) is 4.27. The Morgan fingerprint density at radius 2 is 1.61 bits per heavy atom. The number of aryl methyl sites for hydroxylation is 2. The molecule has 0 spiro atoms. The van der Waals surface area contributed by atoms with E-state index in [-0.39, 0.29) is 0 Å². The van der Waals surface area contributed by atoms with Crippen LogP contribution < -0.4 is 10.2 Å². The minimum absolute atomic E-state index is 1.13. The van der Waals surface area contributed by atoms with E-state index in [1.54, 1.807) is 0 Å². The van der Waals surface area contributed by atoms with Gasteiger partial charge in [0.1, 0.15) is 0 Å². The molecule has 2 nitrogen and oxygen atoms in total. The van der Waals surface area contributed by atoms with Gasteiger partial charge in [-0.25, -0.2) is 0 Å². The highest BCUT2D eigenvalue weighted by Gasteiger charge is 2.06. The van der Waals surface area contributed by atoms with Gasteiger partial charge in [-0.05, 0) is 55.3 Å². The molecule has 1 N–H and O–H groups in total. The summed E-state index contributed by atoms with van der Waals surface area (Å²) >= 11 is 0. The summed E-state index contributed by atoms with van der Waals surface area (Å²) in [4.78, 5) is 2.22. The lowest BCUT2D eigenvalue weighted by Gasteiger charge is -2.22. The first-order chi connectivity index (χ1) is 8.61. The highest BCUT2D eigenvalue weighted by Crippen LogP contribution is 2.28. The Labute approximate surface area is 109 Å². The summed E-state index contributed by atoms with van der Waals surface area (Å²) in [6.07, 6.45) is 0. The lowest BCUT2D eigenvalue weighted by molar-refractivity contribution is 1.18. The molecule has 0 amide bonds. The zero-order chi connectivity index (χ0) is 13.1. The summed E-state index contributed by atoms with van der Waals surface area (Å²) in [5.41, 5.74) is 6.16. The second kappa shape index (κ2) is 5.13. The zero-order valence-electron chi connectivity index (χ0n) is 11.5. The summed E-state index contributed by atoms with van der Waals surface area (Å²) in [5, 5.41) is 3.13. The maximum atomic E-state index is 3.13. The monoisotopic (exact) mass is 240 g/mol. The van der Waals surface area contributed by atoms with Crippen LogP contribution in [0.15, 0.2) is 42.5 Å². The first kappa shape index (κ1) is 12.5. The number of nitrogens with one attached hydrogen (secondary N) is 1. The van der Waals surface area contributed by atoms with Crippen LogP contribution in [-0.2, 0) is 0 Å². The summed E-state index contributed by atoms with van der Waals surface area (Å²) in [7, 11) is 4.04. The van der Waals surface area contributed by atoms with Crippen molar-refractivity contribution in [1.29, 1.82) is 0 Å². The third-order valence-corrected chi connectivity index (χ3v) is 3.27. The molecule has 0 aliphatic carbocycles. The highest BCUT2D eigenvalue weighted by molar-refractivity contribution is 5.67. The first-order valence-corrected chi connectivity index (χ1v) is 6.20. The lowest BCUT2D eigenvalue weighted by atomic mass is 10.1. The van der Waals surface area contributed by atoms with Crippen molar-refractivity contribution in [3.05, 3.63) is 53.6 Å². The standard InChI is InChI=1S/C16H20N2/c1-12-5-6-13(2)16(11-12)18(4)15-9-7-14(17-3)8-10-15/h5-11,17H,1-4H3. The minimum Gasteiger partial charge on any atom is -0.388 e. The molecule has 0 radical (unpaired) electrons. The Kier molecular flexibility index (Phi) is 3.56. The number of hydrogen-bond acceptors (Lipinski definition) is 2. The van der Waals surface area contributed by atoms with E-state index >= 15 is 0 Å². The molecule has 94 valence electrons. The van der Waals surface area contributed by atoms with Gasteiger partial charge >= 0.3 is 0 Å². The SMILES string of the molecule is CNc1ccc(N(C)c2cc(C)ccc2C)cc1. The fourth-order valence-electron chi connectivity index (χ4n) is 2.07. The van der Waals surface area contributed by atoms with E-state index in [1.807, 2.05) is 7.05 Å². The topological polar surface area (TPSA) is 15.3 Å². The van der Waals surface area contributed by atoms with E-state index in [4.69, 9.17) is 0 Å². The number of hydrogen-bond donors (Lipinski definition) is 1. The van der Waals surface area contributed by atoms with Gasteiger partial charge in [0, 0.05) is 31.2 Å². The third kappa shape index (κ3) is 2.48. The van der Waals surface area contributed by atoms with E-state index in [2.05, 4.69) is 73.6 Å². The normalized spacial score (nSPS) is 10.2. The maximum absolute atomic E-state index is 3.13. The van der Waals surface area contributed by atoms with Crippen molar-refractivity contribution in [3.63, 3.8) is 0 Å². The number of rotatable bonds is 3. The van der Waals surface area contributed by atoms with Crippen LogP contribution in [0.2, 0.25) is 0 Å². The Bertz CT molecular complexity index is 529. The fourth-order valence-corrected chi connectivity index (χ4v) is 2.07. The fraction of sp³-hybridized carbons (Fsp3) is 0.250. The number of nitrogens with zero attached hydrogens (tertiary/aromatic N) is 1. The third-order valence-electron chi connectivity index (χ3n) is 3.27. The molecule has 2 aromatic rings. The lowest BCUT2D eigenvalue weighted by Crippen LogP contribution is -2.11. The largest absolute Gasteiger partial charge is 0.388 e. The van der Waals surface area contributed by atoms with Gasteiger partial charge in [-0.3, -0.25) is 0 Å². The van der Waals surface area contributed by atoms with Crippen LogP contribution in [0.1, 0.15) is 11.1 Å². The quantitative estimate of drug-likeness (QED) is 0.868. The smallest absolute Gasteiger partial charge is 0.0440 e. The summed E-state index contributed by atoms with van der Waals surface area (Å²) in [5.74, 6) is 0. The molecular formula is C16H20N2. The van der Waals surface area contributed by atoms with Crippen molar-refractivity contribution >= 4 is 17.1 Å². The van der Waals surface area contributed by atoms with Gasteiger partial charge in [0.05, 0.1) is 0 Å². The molecular weight excluding hydrogens is 220 g/mol. The van der Waals surface area contributed by atoms with Crippen LogP contribution in [-0.4, -0.2) is 14.1 Å². The molecule has 0 fully saturated rings. The van der Waals surface area contributed by atoms with E-state index in [0.717, 1.165) is 5.69 Å².